The highest BCUT2D eigenvalue weighted by molar-refractivity contribution is 5.97. The fraction of sp³-hybridized carbons (Fsp3) is 0.379. The molecule has 0 unspecified atom stereocenters. The van der Waals surface area contributed by atoms with Gasteiger partial charge in [0.1, 0.15) is 12.4 Å². The van der Waals surface area contributed by atoms with E-state index in [-0.39, 0.29) is 24.2 Å². The van der Waals surface area contributed by atoms with Crippen molar-refractivity contribution in [1.82, 2.24) is 20.0 Å². The van der Waals surface area contributed by atoms with E-state index in [9.17, 15) is 14.0 Å². The number of nitrogens with zero attached hydrogens (tertiary/aromatic N) is 5. The van der Waals surface area contributed by atoms with E-state index in [1.807, 2.05) is 48.2 Å². The van der Waals surface area contributed by atoms with Crippen LogP contribution in [0.2, 0.25) is 0 Å². The van der Waals surface area contributed by atoms with E-state index < -0.39 is 0 Å². The minimum absolute atomic E-state index is 0.0119. The van der Waals surface area contributed by atoms with E-state index in [2.05, 4.69) is 15.1 Å². The van der Waals surface area contributed by atoms with Gasteiger partial charge in [0.05, 0.1) is 5.69 Å². The van der Waals surface area contributed by atoms with Gasteiger partial charge in [0.2, 0.25) is 5.91 Å². The molecular formula is C29H32FN5O2. The Kier molecular flexibility index (Phi) is 7.44. The van der Waals surface area contributed by atoms with Crippen molar-refractivity contribution in [3.63, 3.8) is 0 Å². The van der Waals surface area contributed by atoms with Gasteiger partial charge in [-0.1, -0.05) is 18.2 Å². The minimum atomic E-state index is -0.285. The Labute approximate surface area is 216 Å². The molecule has 1 aliphatic heterocycles. The number of halogens is 1. The van der Waals surface area contributed by atoms with Crippen molar-refractivity contribution in [1.29, 1.82) is 0 Å². The number of benzene rings is 2. The van der Waals surface area contributed by atoms with Crippen LogP contribution in [0.1, 0.15) is 35.2 Å². The predicted molar refractivity (Wildman–Crippen MR) is 141 cm³/mol. The van der Waals surface area contributed by atoms with E-state index in [4.69, 9.17) is 0 Å². The molecule has 2 aliphatic rings. The number of anilines is 1. The first-order chi connectivity index (χ1) is 18.0. The summed E-state index contributed by atoms with van der Waals surface area (Å²) in [4.78, 5) is 32.4. The Balaban J connectivity index is 1.21. The van der Waals surface area contributed by atoms with E-state index in [1.165, 1.54) is 12.1 Å². The molecule has 1 saturated heterocycles. The summed E-state index contributed by atoms with van der Waals surface area (Å²) in [5.74, 6) is 0.891. The summed E-state index contributed by atoms with van der Waals surface area (Å²) >= 11 is 0. The van der Waals surface area contributed by atoms with Crippen molar-refractivity contribution in [3.05, 3.63) is 77.6 Å². The topological polar surface area (TPSA) is 69.6 Å². The van der Waals surface area contributed by atoms with Gasteiger partial charge in [-0.2, -0.15) is 0 Å². The maximum atomic E-state index is 13.3. The fourth-order valence-electron chi connectivity index (χ4n) is 4.74. The first-order valence-corrected chi connectivity index (χ1v) is 13.0. The average molecular weight is 502 g/mol. The molecule has 2 fully saturated rings. The van der Waals surface area contributed by atoms with Crippen LogP contribution < -0.4 is 4.90 Å². The maximum absolute atomic E-state index is 13.3. The highest BCUT2D eigenvalue weighted by Crippen LogP contribution is 2.30. The molecule has 2 heterocycles. The number of aromatic nitrogens is 2. The zero-order chi connectivity index (χ0) is 25.8. The van der Waals surface area contributed by atoms with Crippen molar-refractivity contribution in [2.75, 3.05) is 44.2 Å². The largest absolute Gasteiger partial charge is 0.353 e. The van der Waals surface area contributed by atoms with Crippen molar-refractivity contribution < 1.29 is 14.0 Å². The van der Waals surface area contributed by atoms with Crippen LogP contribution in [-0.2, 0) is 4.79 Å². The summed E-state index contributed by atoms with van der Waals surface area (Å²) in [6.45, 7) is 5.29. The highest BCUT2D eigenvalue weighted by Gasteiger charge is 2.30. The lowest BCUT2D eigenvalue weighted by atomic mass is 10.1. The molecule has 0 spiro atoms. The fourth-order valence-corrected chi connectivity index (χ4v) is 4.74. The van der Waals surface area contributed by atoms with E-state index in [1.54, 1.807) is 17.0 Å². The SMILES string of the molecule is Cc1ccccc1C(=O)N(CC(=O)N1CCCN(c2ccc(-c3ccc(F)cc3)nn2)CC1)CC1CC1. The van der Waals surface area contributed by atoms with Crippen LogP contribution >= 0.6 is 0 Å². The van der Waals surface area contributed by atoms with E-state index >= 15 is 0 Å². The lowest BCUT2D eigenvalue weighted by molar-refractivity contribution is -0.131. The molecule has 2 amide bonds. The number of aryl methyl sites for hydroxylation is 1. The van der Waals surface area contributed by atoms with E-state index in [0.29, 0.717) is 43.4 Å². The van der Waals surface area contributed by atoms with Gasteiger partial charge in [0.15, 0.2) is 5.82 Å². The lowest BCUT2D eigenvalue weighted by Gasteiger charge is -2.27. The molecule has 0 bridgehead atoms. The maximum Gasteiger partial charge on any atom is 0.254 e. The Morgan fingerprint density at radius 1 is 0.946 bits per heavy atom. The van der Waals surface area contributed by atoms with Crippen LogP contribution in [0, 0.1) is 18.7 Å². The van der Waals surface area contributed by atoms with Crippen LogP contribution in [0.3, 0.4) is 0 Å². The molecular weight excluding hydrogens is 469 g/mol. The molecule has 0 radical (unpaired) electrons. The minimum Gasteiger partial charge on any atom is -0.353 e. The average Bonchev–Trinajstić information content (AvgIpc) is 3.76. The molecule has 8 heteroatoms. The van der Waals surface area contributed by atoms with Gasteiger partial charge in [-0.3, -0.25) is 9.59 Å². The van der Waals surface area contributed by atoms with Crippen molar-refractivity contribution in [3.8, 4) is 11.3 Å². The van der Waals surface area contributed by atoms with Gasteiger partial charge in [-0.25, -0.2) is 4.39 Å². The van der Waals surface area contributed by atoms with Crippen LogP contribution in [0.5, 0.6) is 0 Å². The first kappa shape index (κ1) is 24.9. The normalized spacial score (nSPS) is 15.8. The monoisotopic (exact) mass is 501 g/mol. The van der Waals surface area contributed by atoms with Crippen LogP contribution in [0.4, 0.5) is 10.2 Å². The third-order valence-electron chi connectivity index (χ3n) is 7.13. The number of amides is 2. The standard InChI is InChI=1S/C29H32FN5O2/c1-21-5-2-3-6-25(21)29(37)35(19-22-7-8-22)20-28(36)34-16-4-15-33(17-18-34)27-14-13-26(31-32-27)23-9-11-24(30)12-10-23/h2-3,5-6,9-14,22H,4,7-8,15-20H2,1H3. The number of carbonyl (C=O) groups excluding carboxylic acids is 2. The Hall–Kier alpha value is -3.81. The van der Waals surface area contributed by atoms with Gasteiger partial charge in [0, 0.05) is 43.9 Å². The molecule has 2 aromatic carbocycles. The summed E-state index contributed by atoms with van der Waals surface area (Å²) in [7, 11) is 0. The van der Waals surface area contributed by atoms with Gasteiger partial charge < -0.3 is 14.7 Å². The smallest absolute Gasteiger partial charge is 0.254 e. The van der Waals surface area contributed by atoms with Gasteiger partial charge in [0.25, 0.3) is 5.91 Å². The molecule has 1 saturated carbocycles. The van der Waals surface area contributed by atoms with Crippen molar-refractivity contribution >= 4 is 17.6 Å². The van der Waals surface area contributed by atoms with Gasteiger partial charge in [-0.15, -0.1) is 10.2 Å². The molecule has 0 N–H and O–H groups in total. The Bertz CT molecular complexity index is 1240. The highest BCUT2D eigenvalue weighted by atomic mass is 19.1. The summed E-state index contributed by atoms with van der Waals surface area (Å²) in [6, 6.07) is 17.6. The third-order valence-corrected chi connectivity index (χ3v) is 7.13. The van der Waals surface area contributed by atoms with Crippen molar-refractivity contribution in [2.45, 2.75) is 26.2 Å². The van der Waals surface area contributed by atoms with E-state index in [0.717, 1.165) is 42.8 Å². The van der Waals surface area contributed by atoms with Crippen LogP contribution in [-0.4, -0.2) is 71.1 Å². The van der Waals surface area contributed by atoms with Crippen molar-refractivity contribution in [2.24, 2.45) is 5.92 Å². The summed E-state index contributed by atoms with van der Waals surface area (Å²) in [6.07, 6.45) is 3.04. The van der Waals surface area contributed by atoms with Gasteiger partial charge in [-0.05, 0) is 80.1 Å². The second-order valence-electron chi connectivity index (χ2n) is 9.95. The number of hydrogen-bond donors (Lipinski definition) is 0. The van der Waals surface area contributed by atoms with Gasteiger partial charge >= 0.3 is 0 Å². The molecule has 37 heavy (non-hydrogen) atoms. The summed E-state index contributed by atoms with van der Waals surface area (Å²) < 4.78 is 13.2. The third kappa shape index (κ3) is 6.13. The molecule has 7 nitrogen and oxygen atoms in total. The number of carbonyl (C=O) groups is 2. The molecule has 1 aliphatic carbocycles. The molecule has 192 valence electrons. The quantitative estimate of drug-likeness (QED) is 0.486. The molecule has 1 aromatic heterocycles. The summed E-state index contributed by atoms with van der Waals surface area (Å²) in [5.41, 5.74) is 3.09. The second kappa shape index (κ2) is 11.1. The molecule has 5 rings (SSSR count). The number of rotatable bonds is 7. The Morgan fingerprint density at radius 2 is 1.73 bits per heavy atom. The second-order valence-corrected chi connectivity index (χ2v) is 9.95. The zero-order valence-corrected chi connectivity index (χ0v) is 21.1. The molecule has 3 aromatic rings. The first-order valence-electron chi connectivity index (χ1n) is 13.0. The Morgan fingerprint density at radius 3 is 2.43 bits per heavy atom. The van der Waals surface area contributed by atoms with Crippen LogP contribution in [0.15, 0.2) is 60.7 Å². The zero-order valence-electron chi connectivity index (χ0n) is 21.1. The molecule has 0 atom stereocenters. The predicted octanol–water partition coefficient (Wildman–Crippen LogP) is 4.18. The van der Waals surface area contributed by atoms with Crippen LogP contribution in [0.25, 0.3) is 11.3 Å². The lowest BCUT2D eigenvalue weighted by Crippen LogP contribution is -2.45. The number of hydrogen-bond acceptors (Lipinski definition) is 5. The summed E-state index contributed by atoms with van der Waals surface area (Å²) in [5, 5.41) is 8.72.